The lowest BCUT2D eigenvalue weighted by atomic mass is 10.1. The van der Waals surface area contributed by atoms with Gasteiger partial charge < -0.3 is 20.4 Å². The SMILES string of the molecule is C=CC(=O)Nc1ccc(-c2nc(Nc3cc(C)[nH]n3)c3ccc(N4CCN(C)CC4)cc3n2)cc1C(F)(F)F. The van der Waals surface area contributed by atoms with Crippen molar-refractivity contribution >= 4 is 39.8 Å². The summed E-state index contributed by atoms with van der Waals surface area (Å²) in [7, 11) is 2.08. The van der Waals surface area contributed by atoms with E-state index in [1.807, 2.05) is 25.1 Å². The van der Waals surface area contributed by atoms with Crippen molar-refractivity contribution in [1.29, 1.82) is 0 Å². The number of rotatable bonds is 6. The molecule has 12 heteroatoms. The number of nitrogens with one attached hydrogen (secondary N) is 3. The molecule has 1 aliphatic heterocycles. The fourth-order valence-corrected chi connectivity index (χ4v) is 4.42. The van der Waals surface area contributed by atoms with E-state index >= 15 is 0 Å². The third-order valence-corrected chi connectivity index (χ3v) is 6.53. The van der Waals surface area contributed by atoms with E-state index in [1.165, 1.54) is 12.1 Å². The summed E-state index contributed by atoms with van der Waals surface area (Å²) >= 11 is 0. The summed E-state index contributed by atoms with van der Waals surface area (Å²) in [6.07, 6.45) is -3.81. The molecule has 2 aromatic heterocycles. The van der Waals surface area contributed by atoms with Crippen LogP contribution in [0.4, 0.5) is 36.2 Å². The van der Waals surface area contributed by atoms with E-state index in [1.54, 1.807) is 6.07 Å². The van der Waals surface area contributed by atoms with Crippen LogP contribution in [-0.4, -0.2) is 64.2 Å². The monoisotopic (exact) mass is 536 g/mol. The maximum absolute atomic E-state index is 14.0. The van der Waals surface area contributed by atoms with Crippen molar-refractivity contribution in [3.8, 4) is 11.4 Å². The van der Waals surface area contributed by atoms with Gasteiger partial charge >= 0.3 is 6.18 Å². The van der Waals surface area contributed by atoms with Gasteiger partial charge in [0, 0.05) is 54.6 Å². The van der Waals surface area contributed by atoms with Crippen LogP contribution in [0, 0.1) is 6.92 Å². The van der Waals surface area contributed by atoms with Gasteiger partial charge in [-0.3, -0.25) is 9.89 Å². The number of carbonyl (C=O) groups excluding carboxylic acids is 1. The minimum atomic E-state index is -4.72. The molecule has 5 rings (SSSR count). The summed E-state index contributed by atoms with van der Waals surface area (Å²) in [5.74, 6) is 0.274. The van der Waals surface area contributed by atoms with Crippen molar-refractivity contribution in [2.45, 2.75) is 13.1 Å². The molecule has 0 bridgehead atoms. The highest BCUT2D eigenvalue weighted by molar-refractivity contribution is 6.00. The van der Waals surface area contributed by atoms with Gasteiger partial charge in [0.05, 0.1) is 16.8 Å². The van der Waals surface area contributed by atoms with E-state index in [-0.39, 0.29) is 17.1 Å². The van der Waals surface area contributed by atoms with Gasteiger partial charge in [-0.05, 0) is 56.4 Å². The summed E-state index contributed by atoms with van der Waals surface area (Å²) in [5, 5.41) is 13.1. The van der Waals surface area contributed by atoms with Gasteiger partial charge in [-0.25, -0.2) is 9.97 Å². The highest BCUT2D eigenvalue weighted by Gasteiger charge is 2.34. The number of H-pyrrole nitrogens is 1. The van der Waals surface area contributed by atoms with Crippen LogP contribution in [0.25, 0.3) is 22.3 Å². The average molecular weight is 537 g/mol. The Hall–Kier alpha value is -4.45. The number of hydrogen-bond acceptors (Lipinski definition) is 7. The molecular formula is C27H27F3N8O. The number of anilines is 4. The number of benzene rings is 2. The van der Waals surface area contributed by atoms with E-state index in [0.717, 1.165) is 49.7 Å². The molecule has 2 aromatic carbocycles. The number of aromatic amines is 1. The first kappa shape index (κ1) is 26.2. The Bertz CT molecular complexity index is 1540. The highest BCUT2D eigenvalue weighted by Crippen LogP contribution is 2.38. The van der Waals surface area contributed by atoms with Crippen LogP contribution in [0.2, 0.25) is 0 Å². The summed E-state index contributed by atoms with van der Waals surface area (Å²) in [4.78, 5) is 25.5. The molecule has 1 fully saturated rings. The number of alkyl halides is 3. The average Bonchev–Trinajstić information content (AvgIpc) is 3.32. The number of halogens is 3. The van der Waals surface area contributed by atoms with Crippen molar-refractivity contribution in [2.24, 2.45) is 0 Å². The second-order valence-corrected chi connectivity index (χ2v) is 9.40. The molecule has 0 aliphatic carbocycles. The van der Waals surface area contributed by atoms with E-state index in [4.69, 9.17) is 0 Å². The fraction of sp³-hybridized carbons (Fsp3) is 0.259. The number of hydrogen-bond donors (Lipinski definition) is 3. The van der Waals surface area contributed by atoms with Crippen molar-refractivity contribution in [3.63, 3.8) is 0 Å². The van der Waals surface area contributed by atoms with Crippen LogP contribution in [-0.2, 0) is 11.0 Å². The Balaban J connectivity index is 1.62. The number of nitrogens with zero attached hydrogens (tertiary/aromatic N) is 5. The third kappa shape index (κ3) is 5.70. The van der Waals surface area contributed by atoms with Crippen LogP contribution in [0.1, 0.15) is 11.3 Å². The first-order valence-corrected chi connectivity index (χ1v) is 12.3. The number of fused-ring (bicyclic) bond motifs is 1. The number of likely N-dealkylation sites (N-methyl/N-ethyl adjacent to an activating group) is 1. The van der Waals surface area contributed by atoms with Crippen LogP contribution in [0.3, 0.4) is 0 Å². The zero-order chi connectivity index (χ0) is 27.7. The fourth-order valence-electron chi connectivity index (χ4n) is 4.42. The molecule has 0 radical (unpaired) electrons. The molecule has 1 aliphatic rings. The second kappa shape index (κ2) is 10.4. The Kier molecular flexibility index (Phi) is 6.96. The maximum atomic E-state index is 14.0. The minimum absolute atomic E-state index is 0.0971. The smallest absolute Gasteiger partial charge is 0.369 e. The molecule has 3 heterocycles. The van der Waals surface area contributed by atoms with Crippen molar-refractivity contribution in [3.05, 3.63) is 66.4 Å². The predicted molar refractivity (Wildman–Crippen MR) is 145 cm³/mol. The first-order chi connectivity index (χ1) is 18.6. The summed E-state index contributed by atoms with van der Waals surface area (Å²) < 4.78 is 41.9. The summed E-state index contributed by atoms with van der Waals surface area (Å²) in [6, 6.07) is 11.2. The van der Waals surface area contributed by atoms with Crippen LogP contribution >= 0.6 is 0 Å². The van der Waals surface area contributed by atoms with Gasteiger partial charge in [0.25, 0.3) is 0 Å². The lowest BCUT2D eigenvalue weighted by Gasteiger charge is -2.34. The maximum Gasteiger partial charge on any atom is 0.418 e. The van der Waals surface area contributed by atoms with Gasteiger partial charge in [-0.15, -0.1) is 0 Å². The number of aryl methyl sites for hydroxylation is 1. The molecule has 9 nitrogen and oxygen atoms in total. The Labute approximate surface area is 222 Å². The van der Waals surface area contributed by atoms with Gasteiger partial charge in [-0.2, -0.15) is 18.3 Å². The van der Waals surface area contributed by atoms with Gasteiger partial charge in [0.2, 0.25) is 5.91 Å². The highest BCUT2D eigenvalue weighted by atomic mass is 19.4. The largest absolute Gasteiger partial charge is 0.418 e. The minimum Gasteiger partial charge on any atom is -0.369 e. The Morgan fingerprint density at radius 1 is 1.08 bits per heavy atom. The molecule has 1 amide bonds. The molecule has 0 spiro atoms. The molecule has 0 atom stereocenters. The lowest BCUT2D eigenvalue weighted by Crippen LogP contribution is -2.44. The van der Waals surface area contributed by atoms with E-state index in [2.05, 4.69) is 54.2 Å². The van der Waals surface area contributed by atoms with Gasteiger partial charge in [0.1, 0.15) is 5.82 Å². The van der Waals surface area contributed by atoms with Crippen molar-refractivity contribution in [1.82, 2.24) is 25.1 Å². The molecule has 0 saturated carbocycles. The number of amides is 1. The molecule has 202 valence electrons. The van der Waals surface area contributed by atoms with Crippen molar-refractivity contribution < 1.29 is 18.0 Å². The third-order valence-electron chi connectivity index (χ3n) is 6.53. The predicted octanol–water partition coefficient (Wildman–Crippen LogP) is 4.97. The number of piperazine rings is 1. The summed E-state index contributed by atoms with van der Waals surface area (Å²) in [6.45, 7) is 8.71. The molecule has 1 saturated heterocycles. The molecule has 0 unspecified atom stereocenters. The van der Waals surface area contributed by atoms with Crippen LogP contribution < -0.4 is 15.5 Å². The standard InChI is InChI=1S/C27H27F3N8O/c1-4-24(39)31-21-8-5-17(14-20(21)27(28,29)30)25-32-22-15-18(38-11-9-37(3)10-12-38)6-7-19(22)26(34-25)33-23-13-16(2)35-36-23/h4-8,13-15H,1,9-12H2,2-3H3,(H,31,39)(H2,32,33,34,35,36). The first-order valence-electron chi connectivity index (χ1n) is 12.3. The Morgan fingerprint density at radius 2 is 1.85 bits per heavy atom. The molecule has 4 aromatic rings. The number of aromatic nitrogens is 4. The topological polar surface area (TPSA) is 102 Å². The Morgan fingerprint density at radius 3 is 2.51 bits per heavy atom. The summed E-state index contributed by atoms with van der Waals surface area (Å²) in [5.41, 5.74) is 1.14. The normalized spacial score (nSPS) is 14.4. The lowest BCUT2D eigenvalue weighted by molar-refractivity contribution is -0.136. The second-order valence-electron chi connectivity index (χ2n) is 9.40. The molecule has 39 heavy (non-hydrogen) atoms. The van der Waals surface area contributed by atoms with Crippen molar-refractivity contribution in [2.75, 3.05) is 48.8 Å². The molecular weight excluding hydrogens is 509 g/mol. The van der Waals surface area contributed by atoms with E-state index < -0.39 is 17.6 Å². The zero-order valence-electron chi connectivity index (χ0n) is 21.4. The van der Waals surface area contributed by atoms with Gasteiger partial charge in [0.15, 0.2) is 11.6 Å². The zero-order valence-corrected chi connectivity index (χ0v) is 21.4. The van der Waals surface area contributed by atoms with E-state index in [9.17, 15) is 18.0 Å². The van der Waals surface area contributed by atoms with E-state index in [0.29, 0.717) is 22.5 Å². The number of carbonyl (C=O) groups is 1. The molecule has 3 N–H and O–H groups in total. The quantitative estimate of drug-likeness (QED) is 0.299. The van der Waals surface area contributed by atoms with Gasteiger partial charge in [-0.1, -0.05) is 6.58 Å². The van der Waals surface area contributed by atoms with Crippen LogP contribution in [0.15, 0.2) is 55.1 Å². The van der Waals surface area contributed by atoms with Crippen LogP contribution in [0.5, 0.6) is 0 Å².